The second-order valence-electron chi connectivity index (χ2n) is 4.99. The molecule has 1 aliphatic rings. The summed E-state index contributed by atoms with van der Waals surface area (Å²) in [5.41, 5.74) is 0.309. The molecule has 0 aromatic heterocycles. The van der Waals surface area contributed by atoms with Crippen LogP contribution in [0.15, 0.2) is 18.2 Å². The van der Waals surface area contributed by atoms with Crippen molar-refractivity contribution in [3.8, 4) is 0 Å². The summed E-state index contributed by atoms with van der Waals surface area (Å²) in [4.78, 5) is 12.1. The van der Waals surface area contributed by atoms with Gasteiger partial charge in [-0.3, -0.25) is 10.1 Å². The van der Waals surface area contributed by atoms with E-state index in [1.165, 1.54) is 12.1 Å². The number of aliphatic hydroxyl groups excluding tert-OH is 1. The highest BCUT2D eigenvalue weighted by Gasteiger charge is 2.24. The molecule has 1 saturated heterocycles. The summed E-state index contributed by atoms with van der Waals surface area (Å²) in [6, 6.07) is 3.63. The van der Waals surface area contributed by atoms with Crippen LogP contribution in [0.3, 0.4) is 0 Å². The van der Waals surface area contributed by atoms with E-state index in [1.807, 2.05) is 4.90 Å². The highest BCUT2D eigenvalue weighted by Crippen LogP contribution is 2.28. The van der Waals surface area contributed by atoms with E-state index >= 15 is 0 Å². The molecule has 0 bridgehead atoms. The Morgan fingerprint density at radius 3 is 2.58 bits per heavy atom. The fourth-order valence-corrected chi connectivity index (χ4v) is 2.49. The van der Waals surface area contributed by atoms with Crippen molar-refractivity contribution in [1.29, 1.82) is 0 Å². The molecular formula is C13H17FN2O3. The first-order chi connectivity index (χ1) is 8.97. The lowest BCUT2D eigenvalue weighted by Gasteiger charge is -2.34. The van der Waals surface area contributed by atoms with Gasteiger partial charge in [-0.05, 0) is 31.7 Å². The molecule has 1 fully saturated rings. The van der Waals surface area contributed by atoms with Gasteiger partial charge in [0.05, 0.1) is 17.1 Å². The minimum Gasteiger partial charge on any atom is -0.393 e. The van der Waals surface area contributed by atoms with Crippen LogP contribution in [0.2, 0.25) is 0 Å². The number of nitro groups is 1. The van der Waals surface area contributed by atoms with Gasteiger partial charge in [0.2, 0.25) is 0 Å². The van der Waals surface area contributed by atoms with Gasteiger partial charge < -0.3 is 10.0 Å². The molecule has 104 valence electrons. The molecule has 1 aromatic carbocycles. The summed E-state index contributed by atoms with van der Waals surface area (Å²) >= 11 is 0. The zero-order chi connectivity index (χ0) is 14.0. The topological polar surface area (TPSA) is 66.6 Å². The molecule has 0 aliphatic carbocycles. The third-order valence-electron chi connectivity index (χ3n) is 3.67. The average Bonchev–Trinajstić information content (AvgIpc) is 2.38. The molecular weight excluding hydrogens is 251 g/mol. The zero-order valence-electron chi connectivity index (χ0n) is 10.8. The minimum atomic E-state index is -0.596. The van der Waals surface area contributed by atoms with E-state index in [1.54, 1.807) is 6.92 Å². The molecule has 0 radical (unpaired) electrons. The molecule has 0 amide bonds. The molecule has 1 N–H and O–H groups in total. The first-order valence-corrected chi connectivity index (χ1v) is 6.35. The van der Waals surface area contributed by atoms with E-state index in [0.29, 0.717) is 18.8 Å². The molecule has 0 spiro atoms. The van der Waals surface area contributed by atoms with Gasteiger partial charge >= 0.3 is 0 Å². The van der Waals surface area contributed by atoms with Crippen LogP contribution >= 0.6 is 0 Å². The van der Waals surface area contributed by atoms with Crippen LogP contribution in [0.5, 0.6) is 0 Å². The van der Waals surface area contributed by atoms with Gasteiger partial charge in [-0.2, -0.15) is 0 Å². The van der Waals surface area contributed by atoms with Crippen LogP contribution in [-0.4, -0.2) is 29.2 Å². The first-order valence-electron chi connectivity index (χ1n) is 6.35. The quantitative estimate of drug-likeness (QED) is 0.675. The van der Waals surface area contributed by atoms with Gasteiger partial charge in [-0.1, -0.05) is 0 Å². The van der Waals surface area contributed by atoms with Crippen molar-refractivity contribution < 1.29 is 14.4 Å². The van der Waals surface area contributed by atoms with Gasteiger partial charge in [0, 0.05) is 24.8 Å². The van der Waals surface area contributed by atoms with Gasteiger partial charge in [-0.15, -0.1) is 0 Å². The number of hydrogen-bond acceptors (Lipinski definition) is 4. The average molecular weight is 268 g/mol. The van der Waals surface area contributed by atoms with Crippen molar-refractivity contribution in [2.75, 3.05) is 18.0 Å². The maximum atomic E-state index is 13.4. The Morgan fingerprint density at radius 1 is 1.42 bits per heavy atom. The third-order valence-corrected chi connectivity index (χ3v) is 3.67. The molecule has 1 aliphatic heterocycles. The van der Waals surface area contributed by atoms with Crippen molar-refractivity contribution in [3.05, 3.63) is 34.1 Å². The number of anilines is 1. The Balaban J connectivity index is 2.13. The first kappa shape index (κ1) is 13.7. The summed E-state index contributed by atoms with van der Waals surface area (Å²) < 4.78 is 13.4. The van der Waals surface area contributed by atoms with Crippen LogP contribution in [0.4, 0.5) is 15.8 Å². The van der Waals surface area contributed by atoms with Crippen LogP contribution in [0.25, 0.3) is 0 Å². The number of non-ortho nitro benzene ring substituents is 1. The fourth-order valence-electron chi connectivity index (χ4n) is 2.49. The summed E-state index contributed by atoms with van der Waals surface area (Å²) in [6.07, 6.45) is 1.27. The Morgan fingerprint density at radius 2 is 2.05 bits per heavy atom. The molecule has 6 heteroatoms. The van der Waals surface area contributed by atoms with E-state index in [2.05, 4.69) is 0 Å². The van der Waals surface area contributed by atoms with Crippen molar-refractivity contribution >= 4 is 11.4 Å². The van der Waals surface area contributed by atoms with Crippen molar-refractivity contribution in [3.63, 3.8) is 0 Å². The molecule has 2 rings (SSSR count). The fraction of sp³-hybridized carbons (Fsp3) is 0.538. The predicted molar refractivity (Wildman–Crippen MR) is 69.7 cm³/mol. The van der Waals surface area contributed by atoms with Crippen molar-refractivity contribution in [1.82, 2.24) is 0 Å². The number of nitro benzene ring substituents is 1. The highest BCUT2D eigenvalue weighted by molar-refractivity contribution is 5.53. The summed E-state index contributed by atoms with van der Waals surface area (Å²) in [7, 11) is 0. The summed E-state index contributed by atoms with van der Waals surface area (Å²) in [5, 5.41) is 20.2. The molecule has 1 unspecified atom stereocenters. The van der Waals surface area contributed by atoms with Crippen molar-refractivity contribution in [2.45, 2.75) is 25.9 Å². The molecule has 1 atom stereocenters. The maximum Gasteiger partial charge on any atom is 0.274 e. The van der Waals surface area contributed by atoms with Crippen LogP contribution in [0, 0.1) is 21.8 Å². The van der Waals surface area contributed by atoms with Gasteiger partial charge in [0.25, 0.3) is 5.69 Å². The molecule has 1 aromatic rings. The lowest BCUT2D eigenvalue weighted by Crippen LogP contribution is -2.37. The van der Waals surface area contributed by atoms with Crippen LogP contribution in [-0.2, 0) is 0 Å². The third kappa shape index (κ3) is 3.20. The molecule has 0 saturated carbocycles. The van der Waals surface area contributed by atoms with E-state index in [0.717, 1.165) is 18.9 Å². The van der Waals surface area contributed by atoms with Gasteiger partial charge in [0.1, 0.15) is 5.82 Å². The molecule has 19 heavy (non-hydrogen) atoms. The number of hydrogen-bond donors (Lipinski definition) is 1. The number of halogens is 1. The normalized spacial score (nSPS) is 18.4. The Bertz CT molecular complexity index is 471. The second kappa shape index (κ2) is 5.52. The maximum absolute atomic E-state index is 13.4. The molecule has 5 nitrogen and oxygen atoms in total. The van der Waals surface area contributed by atoms with Crippen molar-refractivity contribution in [2.24, 2.45) is 5.92 Å². The van der Waals surface area contributed by atoms with E-state index in [4.69, 9.17) is 0 Å². The predicted octanol–water partition coefficient (Wildman–Crippen LogP) is 2.33. The van der Waals surface area contributed by atoms with Gasteiger partial charge in [-0.25, -0.2) is 4.39 Å². The van der Waals surface area contributed by atoms with Gasteiger partial charge in [0.15, 0.2) is 0 Å². The van der Waals surface area contributed by atoms with E-state index in [-0.39, 0.29) is 17.7 Å². The van der Waals surface area contributed by atoms with Crippen LogP contribution in [0.1, 0.15) is 19.8 Å². The monoisotopic (exact) mass is 268 g/mol. The van der Waals surface area contributed by atoms with E-state index < -0.39 is 10.7 Å². The smallest absolute Gasteiger partial charge is 0.274 e. The number of rotatable bonds is 3. The zero-order valence-corrected chi connectivity index (χ0v) is 10.8. The minimum absolute atomic E-state index is 0.229. The summed E-state index contributed by atoms with van der Waals surface area (Å²) in [5.74, 6) is -0.346. The van der Waals surface area contributed by atoms with E-state index in [9.17, 15) is 19.6 Å². The number of aliphatic hydroxyl groups is 1. The standard InChI is InChI=1S/C13H17FN2O3/c1-9(17)10-2-4-15(5-3-10)12-6-11(14)7-13(8-12)16(18)19/h6-10,17H,2-5H2,1H3. The lowest BCUT2D eigenvalue weighted by molar-refractivity contribution is -0.385. The largest absolute Gasteiger partial charge is 0.393 e. The Hall–Kier alpha value is -1.69. The Labute approximate surface area is 110 Å². The number of nitrogens with zero attached hydrogens (tertiary/aromatic N) is 2. The van der Waals surface area contributed by atoms with Crippen LogP contribution < -0.4 is 4.90 Å². The number of benzene rings is 1. The highest BCUT2D eigenvalue weighted by atomic mass is 19.1. The second-order valence-corrected chi connectivity index (χ2v) is 4.99. The SMILES string of the molecule is CC(O)C1CCN(c2cc(F)cc([N+](=O)[O-])c2)CC1. The Kier molecular flexibility index (Phi) is 3.99. The summed E-state index contributed by atoms with van der Waals surface area (Å²) in [6.45, 7) is 3.12. The molecule has 1 heterocycles. The lowest BCUT2D eigenvalue weighted by atomic mass is 9.92. The number of piperidine rings is 1.